The second kappa shape index (κ2) is 5.90. The van der Waals surface area contributed by atoms with Crippen molar-refractivity contribution in [2.45, 2.75) is 20.8 Å². The van der Waals surface area contributed by atoms with Crippen LogP contribution >= 0.6 is 0 Å². The van der Waals surface area contributed by atoms with Crippen LogP contribution in [0.2, 0.25) is 0 Å². The second-order valence-electron chi connectivity index (χ2n) is 5.28. The molecule has 1 aliphatic heterocycles. The van der Waals surface area contributed by atoms with Gasteiger partial charge in [-0.25, -0.2) is 4.79 Å². The fourth-order valence-electron chi connectivity index (χ4n) is 1.84. The van der Waals surface area contributed by atoms with E-state index in [1.165, 1.54) is 0 Å². The first-order valence-electron chi connectivity index (χ1n) is 6.63. The highest BCUT2D eigenvalue weighted by Gasteiger charge is 2.31. The SMILES string of the molecule is Cc1ccc(C(=O)C2=C(OCC(C)C)C(=O)OC2)cc1. The van der Waals surface area contributed by atoms with Gasteiger partial charge in [0.2, 0.25) is 5.76 Å². The van der Waals surface area contributed by atoms with E-state index in [1.54, 1.807) is 12.1 Å². The zero-order valence-corrected chi connectivity index (χ0v) is 11.9. The third-order valence-corrected chi connectivity index (χ3v) is 2.96. The van der Waals surface area contributed by atoms with Gasteiger partial charge in [0.1, 0.15) is 6.61 Å². The minimum atomic E-state index is -0.555. The molecule has 0 amide bonds. The fourth-order valence-corrected chi connectivity index (χ4v) is 1.84. The quantitative estimate of drug-likeness (QED) is 0.612. The maximum absolute atomic E-state index is 12.4. The molecule has 4 nitrogen and oxygen atoms in total. The molecule has 4 heteroatoms. The minimum absolute atomic E-state index is 0.0149. The van der Waals surface area contributed by atoms with E-state index in [2.05, 4.69) is 0 Å². The Kier molecular flexibility index (Phi) is 4.23. The Morgan fingerprint density at radius 1 is 1.30 bits per heavy atom. The van der Waals surface area contributed by atoms with E-state index in [4.69, 9.17) is 9.47 Å². The van der Waals surface area contributed by atoms with Crippen LogP contribution in [-0.4, -0.2) is 25.0 Å². The predicted molar refractivity (Wildman–Crippen MR) is 74.3 cm³/mol. The molecule has 0 bridgehead atoms. The smallest absolute Gasteiger partial charge is 0.374 e. The van der Waals surface area contributed by atoms with E-state index in [0.29, 0.717) is 17.7 Å². The van der Waals surface area contributed by atoms with Crippen LogP contribution in [0.3, 0.4) is 0 Å². The lowest BCUT2D eigenvalue weighted by molar-refractivity contribution is -0.139. The van der Waals surface area contributed by atoms with E-state index in [1.807, 2.05) is 32.9 Å². The Hall–Kier alpha value is -2.10. The highest BCUT2D eigenvalue weighted by molar-refractivity contribution is 6.14. The number of hydrogen-bond acceptors (Lipinski definition) is 4. The van der Waals surface area contributed by atoms with Gasteiger partial charge >= 0.3 is 5.97 Å². The summed E-state index contributed by atoms with van der Waals surface area (Å²) in [4.78, 5) is 24.0. The average Bonchev–Trinajstić information content (AvgIpc) is 2.77. The van der Waals surface area contributed by atoms with Gasteiger partial charge in [-0.15, -0.1) is 0 Å². The summed E-state index contributed by atoms with van der Waals surface area (Å²) >= 11 is 0. The third kappa shape index (κ3) is 3.07. The number of aryl methyl sites for hydroxylation is 1. The molecule has 0 fully saturated rings. The van der Waals surface area contributed by atoms with E-state index >= 15 is 0 Å². The van der Waals surface area contributed by atoms with E-state index in [-0.39, 0.29) is 24.1 Å². The number of hydrogen-bond donors (Lipinski definition) is 0. The Morgan fingerprint density at radius 3 is 2.55 bits per heavy atom. The topological polar surface area (TPSA) is 52.6 Å². The van der Waals surface area contributed by atoms with E-state index < -0.39 is 5.97 Å². The molecular weight excluding hydrogens is 256 g/mol. The Labute approximate surface area is 118 Å². The highest BCUT2D eigenvalue weighted by Crippen LogP contribution is 2.22. The van der Waals surface area contributed by atoms with E-state index in [9.17, 15) is 9.59 Å². The molecule has 0 atom stereocenters. The summed E-state index contributed by atoms with van der Waals surface area (Å²) in [5.41, 5.74) is 1.92. The largest absolute Gasteiger partial charge is 0.486 e. The number of esters is 1. The molecule has 1 aliphatic rings. The number of ether oxygens (including phenoxy) is 2. The van der Waals surface area contributed by atoms with Gasteiger partial charge in [0, 0.05) is 5.56 Å². The molecule has 0 radical (unpaired) electrons. The normalized spacial score (nSPS) is 14.7. The van der Waals surface area contributed by atoms with Gasteiger partial charge < -0.3 is 9.47 Å². The molecule has 1 aromatic rings. The van der Waals surface area contributed by atoms with Gasteiger partial charge in [0.05, 0.1) is 12.2 Å². The van der Waals surface area contributed by atoms with Crippen molar-refractivity contribution >= 4 is 11.8 Å². The van der Waals surface area contributed by atoms with Crippen LogP contribution in [0.15, 0.2) is 35.6 Å². The molecule has 0 saturated carbocycles. The molecule has 106 valence electrons. The Bertz CT molecular complexity index is 552. The summed E-state index contributed by atoms with van der Waals surface area (Å²) in [5, 5.41) is 0. The van der Waals surface area contributed by atoms with Gasteiger partial charge in [-0.3, -0.25) is 4.79 Å². The predicted octanol–water partition coefficient (Wildman–Crippen LogP) is 2.66. The zero-order chi connectivity index (χ0) is 14.7. The van der Waals surface area contributed by atoms with Crippen molar-refractivity contribution in [1.82, 2.24) is 0 Å². The number of carbonyl (C=O) groups excluding carboxylic acids is 2. The summed E-state index contributed by atoms with van der Waals surface area (Å²) < 4.78 is 10.4. The number of carbonyl (C=O) groups is 2. The van der Waals surface area contributed by atoms with Crippen LogP contribution in [0.4, 0.5) is 0 Å². The Balaban J connectivity index is 2.25. The lowest BCUT2D eigenvalue weighted by Crippen LogP contribution is -2.11. The molecule has 20 heavy (non-hydrogen) atoms. The van der Waals surface area contributed by atoms with Crippen LogP contribution < -0.4 is 0 Å². The third-order valence-electron chi connectivity index (χ3n) is 2.96. The zero-order valence-electron chi connectivity index (χ0n) is 11.9. The monoisotopic (exact) mass is 274 g/mol. The molecule has 0 unspecified atom stereocenters. The maximum atomic E-state index is 12.4. The van der Waals surface area contributed by atoms with Crippen molar-refractivity contribution in [2.75, 3.05) is 13.2 Å². The van der Waals surface area contributed by atoms with Crippen LogP contribution in [0, 0.1) is 12.8 Å². The lowest BCUT2D eigenvalue weighted by atomic mass is 10.0. The van der Waals surface area contributed by atoms with Crippen molar-refractivity contribution < 1.29 is 19.1 Å². The number of Topliss-reactive ketones (excluding diaryl/α,β-unsaturated/α-hetero) is 1. The first-order valence-corrected chi connectivity index (χ1v) is 6.63. The summed E-state index contributed by atoms with van der Waals surface area (Å²) in [6.07, 6.45) is 0. The van der Waals surface area contributed by atoms with Crippen molar-refractivity contribution in [1.29, 1.82) is 0 Å². The minimum Gasteiger partial charge on any atom is -0.486 e. The summed E-state index contributed by atoms with van der Waals surface area (Å²) in [7, 11) is 0. The second-order valence-corrected chi connectivity index (χ2v) is 5.28. The van der Waals surface area contributed by atoms with Gasteiger partial charge in [-0.05, 0) is 12.8 Å². The molecule has 0 aromatic heterocycles. The molecule has 2 rings (SSSR count). The number of ketones is 1. The summed E-state index contributed by atoms with van der Waals surface area (Å²) in [6, 6.07) is 7.21. The fraction of sp³-hybridized carbons (Fsp3) is 0.375. The van der Waals surface area contributed by atoms with Gasteiger partial charge in [0.25, 0.3) is 0 Å². The molecule has 0 N–H and O–H groups in total. The van der Waals surface area contributed by atoms with Crippen LogP contribution in [-0.2, 0) is 14.3 Å². The Morgan fingerprint density at radius 2 is 1.95 bits per heavy atom. The average molecular weight is 274 g/mol. The van der Waals surface area contributed by atoms with Crippen LogP contribution in [0.25, 0.3) is 0 Å². The van der Waals surface area contributed by atoms with Gasteiger partial charge in [-0.1, -0.05) is 43.7 Å². The molecule has 0 spiro atoms. The maximum Gasteiger partial charge on any atom is 0.374 e. The molecule has 0 saturated heterocycles. The molecule has 1 aromatic carbocycles. The van der Waals surface area contributed by atoms with Crippen LogP contribution in [0.5, 0.6) is 0 Å². The van der Waals surface area contributed by atoms with Gasteiger partial charge in [0.15, 0.2) is 5.78 Å². The summed E-state index contributed by atoms with van der Waals surface area (Å²) in [5.74, 6) is -0.438. The highest BCUT2D eigenvalue weighted by atomic mass is 16.6. The lowest BCUT2D eigenvalue weighted by Gasteiger charge is -2.08. The summed E-state index contributed by atoms with van der Waals surface area (Å²) in [6.45, 7) is 6.27. The molecule has 0 aliphatic carbocycles. The first-order chi connectivity index (χ1) is 9.49. The van der Waals surface area contributed by atoms with Crippen molar-refractivity contribution in [2.24, 2.45) is 5.92 Å². The van der Waals surface area contributed by atoms with Crippen LogP contribution in [0.1, 0.15) is 29.8 Å². The van der Waals surface area contributed by atoms with Crippen molar-refractivity contribution in [3.63, 3.8) is 0 Å². The standard InChI is InChI=1S/C16H18O4/c1-10(2)8-19-15-13(9-20-16(15)18)14(17)12-6-4-11(3)5-7-12/h4-7,10H,8-9H2,1-3H3. The van der Waals surface area contributed by atoms with Crippen molar-refractivity contribution in [3.05, 3.63) is 46.7 Å². The molecular formula is C16H18O4. The number of benzene rings is 1. The number of cyclic esters (lactones) is 1. The number of rotatable bonds is 5. The van der Waals surface area contributed by atoms with E-state index in [0.717, 1.165) is 5.56 Å². The van der Waals surface area contributed by atoms with Gasteiger partial charge in [-0.2, -0.15) is 0 Å². The van der Waals surface area contributed by atoms with Crippen molar-refractivity contribution in [3.8, 4) is 0 Å². The first kappa shape index (κ1) is 14.3. The molecule has 1 heterocycles.